The molecule has 1 saturated heterocycles. The molecule has 1 aromatic heterocycles. The summed E-state index contributed by atoms with van der Waals surface area (Å²) in [7, 11) is 1.92. The van der Waals surface area contributed by atoms with Gasteiger partial charge in [-0.2, -0.15) is 5.10 Å². The Hall–Kier alpha value is -1.85. The molecule has 0 radical (unpaired) electrons. The normalized spacial score (nSPS) is 17.7. The number of likely N-dealkylation sites (tertiary alicyclic amines) is 1. The average molecular weight is 333 g/mol. The zero-order valence-corrected chi connectivity index (χ0v) is 14.2. The molecule has 1 aliphatic rings. The van der Waals surface area contributed by atoms with Crippen LogP contribution in [0.4, 0.5) is 0 Å². The maximum atomic E-state index is 12.9. The molecule has 1 N–H and O–H groups in total. The highest BCUT2D eigenvalue weighted by atomic mass is 35.5. The number of nitrogens with zero attached hydrogens (tertiary/aromatic N) is 3. The van der Waals surface area contributed by atoms with Crippen molar-refractivity contribution >= 4 is 17.5 Å². The van der Waals surface area contributed by atoms with Crippen molar-refractivity contribution in [1.29, 1.82) is 0 Å². The molecule has 1 aromatic carbocycles. The molecule has 1 aliphatic heterocycles. The van der Waals surface area contributed by atoms with Gasteiger partial charge in [-0.05, 0) is 45.0 Å². The monoisotopic (exact) mass is 332 g/mol. The molecule has 122 valence electrons. The number of carbonyl (C=O) groups excluding carboxylic acids is 1. The van der Waals surface area contributed by atoms with E-state index >= 15 is 0 Å². The van der Waals surface area contributed by atoms with Gasteiger partial charge in [0.05, 0.1) is 23.1 Å². The van der Waals surface area contributed by atoms with E-state index in [1.165, 1.54) is 0 Å². The van der Waals surface area contributed by atoms with E-state index in [0.717, 1.165) is 37.3 Å². The highest BCUT2D eigenvalue weighted by molar-refractivity contribution is 6.30. The van der Waals surface area contributed by atoms with Crippen LogP contribution in [0.15, 0.2) is 30.5 Å². The van der Waals surface area contributed by atoms with E-state index in [4.69, 9.17) is 11.6 Å². The summed E-state index contributed by atoms with van der Waals surface area (Å²) in [4.78, 5) is 14.8. The lowest BCUT2D eigenvalue weighted by atomic mass is 10.2. The predicted octanol–water partition coefficient (Wildman–Crippen LogP) is 2.66. The lowest BCUT2D eigenvalue weighted by Crippen LogP contribution is -2.41. The van der Waals surface area contributed by atoms with Gasteiger partial charge in [0, 0.05) is 24.2 Å². The third-order valence-electron chi connectivity index (χ3n) is 4.37. The molecule has 1 amide bonds. The van der Waals surface area contributed by atoms with Gasteiger partial charge in [0.25, 0.3) is 5.91 Å². The molecule has 23 heavy (non-hydrogen) atoms. The molecule has 1 fully saturated rings. The molecule has 0 spiro atoms. The molecule has 1 atom stereocenters. The minimum Gasteiger partial charge on any atom is -0.334 e. The van der Waals surface area contributed by atoms with E-state index in [1.807, 2.05) is 43.1 Å². The Balaban J connectivity index is 1.88. The van der Waals surface area contributed by atoms with Crippen molar-refractivity contribution in [1.82, 2.24) is 20.0 Å². The van der Waals surface area contributed by atoms with Gasteiger partial charge in [0.1, 0.15) is 0 Å². The second-order valence-corrected chi connectivity index (χ2v) is 6.32. The van der Waals surface area contributed by atoms with E-state index in [9.17, 15) is 4.79 Å². The zero-order chi connectivity index (χ0) is 16.4. The van der Waals surface area contributed by atoms with Crippen molar-refractivity contribution in [2.75, 3.05) is 20.1 Å². The molecule has 0 bridgehead atoms. The maximum Gasteiger partial charge on any atom is 0.257 e. The Morgan fingerprint density at radius 2 is 2.30 bits per heavy atom. The molecular weight excluding hydrogens is 312 g/mol. The summed E-state index contributed by atoms with van der Waals surface area (Å²) < 4.78 is 1.77. The maximum absolute atomic E-state index is 12.9. The summed E-state index contributed by atoms with van der Waals surface area (Å²) in [6.07, 6.45) is 3.76. The molecule has 5 nitrogen and oxygen atoms in total. The molecule has 0 unspecified atom stereocenters. The van der Waals surface area contributed by atoms with Crippen LogP contribution < -0.4 is 5.32 Å². The Labute approximate surface area is 141 Å². The lowest BCUT2D eigenvalue weighted by Gasteiger charge is -2.24. The SMILES string of the molecule is CNC[C@@H]1CCCN1C(=O)c1cnn(-c2cccc(Cl)c2)c1C. The fourth-order valence-electron chi connectivity index (χ4n) is 3.19. The Morgan fingerprint density at radius 1 is 1.48 bits per heavy atom. The van der Waals surface area contributed by atoms with Crippen molar-refractivity contribution in [2.24, 2.45) is 0 Å². The van der Waals surface area contributed by atoms with Crippen LogP contribution in [0, 0.1) is 6.92 Å². The fourth-order valence-corrected chi connectivity index (χ4v) is 3.38. The molecule has 2 heterocycles. The Morgan fingerprint density at radius 3 is 3.04 bits per heavy atom. The quantitative estimate of drug-likeness (QED) is 0.936. The predicted molar refractivity (Wildman–Crippen MR) is 91.3 cm³/mol. The molecule has 0 saturated carbocycles. The van der Waals surface area contributed by atoms with Gasteiger partial charge in [-0.25, -0.2) is 4.68 Å². The third kappa shape index (κ3) is 3.12. The third-order valence-corrected chi connectivity index (χ3v) is 4.61. The van der Waals surface area contributed by atoms with Gasteiger partial charge in [0.15, 0.2) is 0 Å². The second kappa shape index (κ2) is 6.72. The number of halogens is 1. The van der Waals surface area contributed by atoms with E-state index < -0.39 is 0 Å². The molecule has 6 heteroatoms. The number of hydrogen-bond donors (Lipinski definition) is 1. The summed E-state index contributed by atoms with van der Waals surface area (Å²) >= 11 is 6.05. The Kier molecular flexibility index (Phi) is 4.68. The first kappa shape index (κ1) is 16.0. The number of benzene rings is 1. The van der Waals surface area contributed by atoms with Crippen molar-refractivity contribution < 1.29 is 4.79 Å². The number of amides is 1. The number of aromatic nitrogens is 2. The molecule has 3 rings (SSSR count). The van der Waals surface area contributed by atoms with Crippen LogP contribution >= 0.6 is 11.6 Å². The summed E-state index contributed by atoms with van der Waals surface area (Å²) in [5.41, 5.74) is 2.36. The average Bonchev–Trinajstić information content (AvgIpc) is 3.14. The zero-order valence-electron chi connectivity index (χ0n) is 13.4. The van der Waals surface area contributed by atoms with Crippen LogP contribution in [0.1, 0.15) is 28.9 Å². The number of rotatable bonds is 4. The van der Waals surface area contributed by atoms with E-state index in [2.05, 4.69) is 10.4 Å². The minimum atomic E-state index is 0.0635. The van der Waals surface area contributed by atoms with Crippen molar-refractivity contribution in [3.05, 3.63) is 46.7 Å². The summed E-state index contributed by atoms with van der Waals surface area (Å²) in [6, 6.07) is 7.74. The second-order valence-electron chi connectivity index (χ2n) is 5.89. The lowest BCUT2D eigenvalue weighted by molar-refractivity contribution is 0.0736. The number of likely N-dealkylation sites (N-methyl/N-ethyl adjacent to an activating group) is 1. The van der Waals surface area contributed by atoms with E-state index in [0.29, 0.717) is 10.6 Å². The van der Waals surface area contributed by atoms with Gasteiger partial charge >= 0.3 is 0 Å². The Bertz CT molecular complexity index is 712. The minimum absolute atomic E-state index is 0.0635. The van der Waals surface area contributed by atoms with Crippen molar-refractivity contribution in [2.45, 2.75) is 25.8 Å². The van der Waals surface area contributed by atoms with E-state index in [1.54, 1.807) is 10.9 Å². The number of nitrogens with one attached hydrogen (secondary N) is 1. The van der Waals surface area contributed by atoms with Crippen LogP contribution in [0.3, 0.4) is 0 Å². The first-order valence-electron chi connectivity index (χ1n) is 7.88. The summed E-state index contributed by atoms with van der Waals surface area (Å²) in [6.45, 7) is 3.56. The molecular formula is C17H21ClN4O. The van der Waals surface area contributed by atoms with Crippen LogP contribution in [-0.2, 0) is 0 Å². The smallest absolute Gasteiger partial charge is 0.257 e. The van der Waals surface area contributed by atoms with Crippen LogP contribution in [0.2, 0.25) is 5.02 Å². The largest absolute Gasteiger partial charge is 0.334 e. The van der Waals surface area contributed by atoms with E-state index in [-0.39, 0.29) is 11.9 Å². The van der Waals surface area contributed by atoms with Crippen LogP contribution in [0.25, 0.3) is 5.69 Å². The van der Waals surface area contributed by atoms with Crippen molar-refractivity contribution in [3.8, 4) is 5.69 Å². The van der Waals surface area contributed by atoms with Gasteiger partial charge < -0.3 is 10.2 Å². The topological polar surface area (TPSA) is 50.2 Å². The molecule has 0 aliphatic carbocycles. The fraction of sp³-hybridized carbons (Fsp3) is 0.412. The summed E-state index contributed by atoms with van der Waals surface area (Å²) in [5.74, 6) is 0.0635. The summed E-state index contributed by atoms with van der Waals surface area (Å²) in [5, 5.41) is 8.21. The highest BCUT2D eigenvalue weighted by Gasteiger charge is 2.30. The van der Waals surface area contributed by atoms with Gasteiger partial charge in [-0.15, -0.1) is 0 Å². The van der Waals surface area contributed by atoms with Gasteiger partial charge in [-0.1, -0.05) is 17.7 Å². The van der Waals surface area contributed by atoms with Crippen LogP contribution in [-0.4, -0.2) is 46.8 Å². The molecule has 2 aromatic rings. The first-order chi connectivity index (χ1) is 11.1. The first-order valence-corrected chi connectivity index (χ1v) is 8.25. The highest BCUT2D eigenvalue weighted by Crippen LogP contribution is 2.23. The standard InChI is InChI=1S/C17H21ClN4O/c1-12-16(17(23)21-8-4-7-15(21)10-19-2)11-20-22(12)14-6-3-5-13(18)9-14/h3,5-6,9,11,15,19H,4,7-8,10H2,1-2H3/t15-/m0/s1. The van der Waals surface area contributed by atoms with Gasteiger partial charge in [0.2, 0.25) is 0 Å². The van der Waals surface area contributed by atoms with Gasteiger partial charge in [-0.3, -0.25) is 4.79 Å². The van der Waals surface area contributed by atoms with Crippen molar-refractivity contribution in [3.63, 3.8) is 0 Å². The van der Waals surface area contributed by atoms with Crippen LogP contribution in [0.5, 0.6) is 0 Å². The number of carbonyl (C=O) groups is 1. The number of hydrogen-bond acceptors (Lipinski definition) is 3.